The van der Waals surface area contributed by atoms with Crippen molar-refractivity contribution < 1.29 is 9.47 Å². The van der Waals surface area contributed by atoms with Crippen molar-refractivity contribution in [3.63, 3.8) is 0 Å². The van der Waals surface area contributed by atoms with E-state index in [0.29, 0.717) is 13.2 Å². The minimum Gasteiger partial charge on any atom is -0.494 e. The van der Waals surface area contributed by atoms with Crippen LogP contribution in [-0.2, 0) is 10.8 Å². The topological polar surface area (TPSA) is 44.2 Å². The zero-order valence-electron chi connectivity index (χ0n) is 31.3. The van der Waals surface area contributed by atoms with Crippen molar-refractivity contribution in [3.8, 4) is 67.4 Å². The van der Waals surface area contributed by atoms with Crippen LogP contribution in [0.25, 0.3) is 55.9 Å². The highest BCUT2D eigenvalue weighted by Gasteiger charge is 2.42. The van der Waals surface area contributed by atoms with Crippen LogP contribution < -0.4 is 9.47 Å². The first-order valence-corrected chi connectivity index (χ1v) is 19.2. The number of nitrogens with zero attached hydrogens (tertiary/aromatic N) is 2. The van der Waals surface area contributed by atoms with Gasteiger partial charge < -0.3 is 9.47 Å². The fourth-order valence-corrected chi connectivity index (χ4v) is 9.34. The first-order chi connectivity index (χ1) is 25.4. The van der Waals surface area contributed by atoms with Crippen LogP contribution in [0.5, 0.6) is 11.5 Å². The van der Waals surface area contributed by atoms with Gasteiger partial charge >= 0.3 is 0 Å². The molecule has 4 aromatic carbocycles. The summed E-state index contributed by atoms with van der Waals surface area (Å²) in [6.45, 7) is 14.7. The van der Waals surface area contributed by atoms with Gasteiger partial charge in [0.25, 0.3) is 0 Å². The van der Waals surface area contributed by atoms with Gasteiger partial charge in [-0.25, -0.2) is 0 Å². The lowest BCUT2D eigenvalue weighted by Gasteiger charge is -2.30. The first-order valence-electron chi connectivity index (χ1n) is 19.2. The van der Waals surface area contributed by atoms with E-state index < -0.39 is 0 Å². The third-order valence-electron chi connectivity index (χ3n) is 12.1. The summed E-state index contributed by atoms with van der Waals surface area (Å²) in [6, 6.07) is 35.9. The van der Waals surface area contributed by atoms with Crippen molar-refractivity contribution in [2.75, 3.05) is 13.2 Å². The molecule has 0 atom stereocenters. The number of fused-ring (bicyclic) bond motifs is 6. The van der Waals surface area contributed by atoms with Crippen molar-refractivity contribution >= 4 is 0 Å². The van der Waals surface area contributed by atoms with E-state index in [-0.39, 0.29) is 10.8 Å². The van der Waals surface area contributed by atoms with Crippen molar-refractivity contribution in [2.45, 2.75) is 78.1 Å². The molecule has 4 nitrogen and oxygen atoms in total. The second kappa shape index (κ2) is 13.4. The molecule has 52 heavy (non-hydrogen) atoms. The van der Waals surface area contributed by atoms with Crippen molar-refractivity contribution in [1.82, 2.24) is 9.97 Å². The predicted octanol–water partition coefficient (Wildman–Crippen LogP) is 12.4. The Hall–Kier alpha value is -5.22. The monoisotopic (exact) mass is 684 g/mol. The molecule has 0 amide bonds. The Labute approximate surface area is 308 Å². The zero-order chi connectivity index (χ0) is 36.0. The molecule has 4 heteroatoms. The normalized spacial score (nSPS) is 14.3. The van der Waals surface area contributed by atoms with Crippen molar-refractivity contribution in [3.05, 3.63) is 132 Å². The molecule has 2 heterocycles. The lowest BCUT2D eigenvalue weighted by molar-refractivity contribution is 0.338. The maximum absolute atomic E-state index is 5.94. The summed E-state index contributed by atoms with van der Waals surface area (Å²) in [5.41, 5.74) is 17.2. The molecule has 2 aromatic heterocycles. The van der Waals surface area contributed by atoms with Crippen LogP contribution >= 0.6 is 0 Å². The van der Waals surface area contributed by atoms with Gasteiger partial charge in [-0.05, 0) is 167 Å². The minimum absolute atomic E-state index is 0.0462. The van der Waals surface area contributed by atoms with Crippen molar-refractivity contribution in [1.29, 1.82) is 0 Å². The Balaban J connectivity index is 1.14. The number of pyridine rings is 2. The van der Waals surface area contributed by atoms with Crippen LogP contribution in [0.1, 0.15) is 89.5 Å². The second-order valence-electron chi connectivity index (χ2n) is 14.2. The molecular weight excluding hydrogens is 637 g/mol. The van der Waals surface area contributed by atoms with Gasteiger partial charge in [0, 0.05) is 23.2 Å². The Morgan fingerprint density at radius 2 is 0.750 bits per heavy atom. The fraction of sp³-hybridized carbons (Fsp3) is 0.292. The molecular formula is C48H48N2O2. The predicted molar refractivity (Wildman–Crippen MR) is 214 cm³/mol. The molecule has 6 aromatic rings. The molecule has 2 aliphatic carbocycles. The van der Waals surface area contributed by atoms with E-state index in [0.717, 1.165) is 59.7 Å². The number of hydrogen-bond donors (Lipinski definition) is 0. The van der Waals surface area contributed by atoms with Gasteiger partial charge in [-0.3, -0.25) is 9.97 Å². The lowest BCUT2D eigenvalue weighted by atomic mass is 9.73. The van der Waals surface area contributed by atoms with Crippen LogP contribution in [0.15, 0.2) is 109 Å². The second-order valence-corrected chi connectivity index (χ2v) is 14.2. The first kappa shape index (κ1) is 33.9. The molecule has 8 rings (SSSR count). The Morgan fingerprint density at radius 1 is 0.404 bits per heavy atom. The summed E-state index contributed by atoms with van der Waals surface area (Å²) in [5.74, 6) is 1.90. The molecule has 262 valence electrons. The maximum Gasteiger partial charge on any atom is 0.119 e. The van der Waals surface area contributed by atoms with Gasteiger partial charge in [0.2, 0.25) is 0 Å². The van der Waals surface area contributed by atoms with Gasteiger partial charge in [0.15, 0.2) is 0 Å². The highest BCUT2D eigenvalue weighted by Crippen LogP contribution is 2.55. The Bertz CT molecular complexity index is 2130. The average Bonchev–Trinajstić information content (AvgIpc) is 3.63. The molecule has 0 fully saturated rings. The highest BCUT2D eigenvalue weighted by atomic mass is 16.5. The van der Waals surface area contributed by atoms with Crippen LogP contribution in [0.2, 0.25) is 0 Å². The van der Waals surface area contributed by atoms with E-state index in [4.69, 9.17) is 19.4 Å². The van der Waals surface area contributed by atoms with Crippen molar-refractivity contribution in [2.24, 2.45) is 0 Å². The molecule has 0 N–H and O–H groups in total. The number of benzene rings is 4. The molecule has 0 saturated heterocycles. The highest BCUT2D eigenvalue weighted by molar-refractivity contribution is 5.86. The van der Waals surface area contributed by atoms with Crippen LogP contribution in [0.3, 0.4) is 0 Å². The van der Waals surface area contributed by atoms with Crippen LogP contribution in [0.4, 0.5) is 0 Å². The number of rotatable bonds is 11. The van der Waals surface area contributed by atoms with E-state index >= 15 is 0 Å². The smallest absolute Gasteiger partial charge is 0.119 e. The van der Waals surface area contributed by atoms with E-state index in [1.54, 1.807) is 0 Å². The molecule has 0 unspecified atom stereocenters. The minimum atomic E-state index is -0.0462. The molecule has 0 saturated carbocycles. The van der Waals surface area contributed by atoms with Crippen LogP contribution in [0, 0.1) is 0 Å². The Kier molecular flexibility index (Phi) is 8.73. The van der Waals surface area contributed by atoms with Gasteiger partial charge in [-0.2, -0.15) is 0 Å². The van der Waals surface area contributed by atoms with E-state index in [2.05, 4.69) is 125 Å². The van der Waals surface area contributed by atoms with Gasteiger partial charge in [-0.1, -0.05) is 64.1 Å². The molecule has 0 spiro atoms. The largest absolute Gasteiger partial charge is 0.494 e. The number of aromatic nitrogens is 2. The summed E-state index contributed by atoms with van der Waals surface area (Å²) >= 11 is 0. The maximum atomic E-state index is 5.94. The average molecular weight is 685 g/mol. The SMILES string of the molecule is CCOc1ccc2c(c1)C(CC)(CC)c1cc(-c3ccnc(-c4cc(-c5ccc6c(c5)C(CC)(CC)c5cc(OCC)ccc5-6)ccn4)c3)ccc1-2. The van der Waals surface area contributed by atoms with E-state index in [1.165, 1.54) is 55.6 Å². The summed E-state index contributed by atoms with van der Waals surface area (Å²) in [7, 11) is 0. The standard InChI is InChI=1S/C48H48N2O2/c1-7-47(8-2)41-25-31(13-17-37(41)39-19-15-35(51-11-5)29-43(39)47)33-21-23-49-45(27-33)46-28-34(22-24-50-46)32-14-18-38-40-20-16-36(52-12-6)30-44(40)48(9-3,10-4)42(38)26-32/h13-30H,7-12H2,1-6H3. The van der Waals surface area contributed by atoms with Gasteiger partial charge in [0.1, 0.15) is 11.5 Å². The molecule has 0 bridgehead atoms. The summed E-state index contributed by atoms with van der Waals surface area (Å²) < 4.78 is 11.9. The quantitative estimate of drug-likeness (QED) is 0.136. The number of ether oxygens (including phenoxy) is 2. The van der Waals surface area contributed by atoms with Gasteiger partial charge in [-0.15, -0.1) is 0 Å². The zero-order valence-corrected chi connectivity index (χ0v) is 31.3. The summed E-state index contributed by atoms with van der Waals surface area (Å²) in [4.78, 5) is 9.67. The summed E-state index contributed by atoms with van der Waals surface area (Å²) in [6.07, 6.45) is 7.96. The third kappa shape index (κ3) is 5.18. The third-order valence-corrected chi connectivity index (χ3v) is 12.1. The fourth-order valence-electron chi connectivity index (χ4n) is 9.34. The Morgan fingerprint density at radius 3 is 1.12 bits per heavy atom. The van der Waals surface area contributed by atoms with Crippen LogP contribution in [-0.4, -0.2) is 23.2 Å². The van der Waals surface area contributed by atoms with E-state index in [9.17, 15) is 0 Å². The molecule has 0 radical (unpaired) electrons. The van der Waals surface area contributed by atoms with E-state index in [1.807, 2.05) is 26.2 Å². The van der Waals surface area contributed by atoms with Gasteiger partial charge in [0.05, 0.1) is 24.6 Å². The number of hydrogen-bond acceptors (Lipinski definition) is 4. The molecule has 0 aliphatic heterocycles. The summed E-state index contributed by atoms with van der Waals surface area (Å²) in [5, 5.41) is 0. The molecule has 2 aliphatic rings. The lowest BCUT2D eigenvalue weighted by Crippen LogP contribution is -2.23.